The quantitative estimate of drug-likeness (QED) is 0.840. The van der Waals surface area contributed by atoms with E-state index < -0.39 is 0 Å². The number of ether oxygens (including phenoxy) is 1. The maximum Gasteiger partial charge on any atom is 0.119 e. The molecule has 18 heavy (non-hydrogen) atoms. The van der Waals surface area contributed by atoms with Gasteiger partial charge in [0.25, 0.3) is 0 Å². The molecule has 0 fully saturated rings. The molecule has 0 amide bonds. The van der Waals surface area contributed by atoms with Gasteiger partial charge in [0, 0.05) is 6.54 Å². The predicted molar refractivity (Wildman–Crippen MR) is 69.2 cm³/mol. The summed E-state index contributed by atoms with van der Waals surface area (Å²) in [5.41, 5.74) is 7.45. The molecule has 0 saturated heterocycles. The summed E-state index contributed by atoms with van der Waals surface area (Å²) in [6, 6.07) is 8.03. The molecule has 1 aromatic heterocycles. The lowest BCUT2D eigenvalue weighted by Gasteiger charge is -2.05. The number of rotatable bonds is 6. The van der Waals surface area contributed by atoms with Crippen LogP contribution in [0.5, 0.6) is 5.75 Å². The van der Waals surface area contributed by atoms with Crippen LogP contribution >= 0.6 is 0 Å². The highest BCUT2D eigenvalue weighted by Crippen LogP contribution is 2.13. The first-order chi connectivity index (χ1) is 8.81. The topological polar surface area (TPSA) is 66.0 Å². The molecule has 0 aliphatic rings. The van der Waals surface area contributed by atoms with Gasteiger partial charge in [0.1, 0.15) is 5.75 Å². The Morgan fingerprint density at radius 2 is 2.06 bits per heavy atom. The van der Waals surface area contributed by atoms with Gasteiger partial charge in [-0.2, -0.15) is 0 Å². The van der Waals surface area contributed by atoms with Crippen LogP contribution in [0.25, 0.3) is 0 Å². The first-order valence-corrected chi connectivity index (χ1v) is 6.12. The Bertz CT molecular complexity index is 478. The Morgan fingerprint density at radius 3 is 2.67 bits per heavy atom. The minimum Gasteiger partial charge on any atom is -0.494 e. The lowest BCUT2D eigenvalue weighted by molar-refractivity contribution is 0.317. The fraction of sp³-hybridized carbons (Fsp3) is 0.385. The molecule has 0 bridgehead atoms. The zero-order chi connectivity index (χ0) is 12.8. The Morgan fingerprint density at radius 1 is 1.28 bits per heavy atom. The van der Waals surface area contributed by atoms with Crippen molar-refractivity contribution in [1.29, 1.82) is 0 Å². The highest BCUT2D eigenvalue weighted by atomic mass is 16.5. The Kier molecular flexibility index (Phi) is 4.30. The van der Waals surface area contributed by atoms with Gasteiger partial charge in [-0.15, -0.1) is 5.10 Å². The van der Waals surface area contributed by atoms with Gasteiger partial charge in [0.05, 0.1) is 25.0 Å². The van der Waals surface area contributed by atoms with Crippen molar-refractivity contribution >= 4 is 0 Å². The highest BCUT2D eigenvalue weighted by molar-refractivity contribution is 5.27. The zero-order valence-corrected chi connectivity index (χ0v) is 10.5. The van der Waals surface area contributed by atoms with Gasteiger partial charge < -0.3 is 10.5 Å². The van der Waals surface area contributed by atoms with Gasteiger partial charge in [-0.3, -0.25) is 0 Å². The fourth-order valence-corrected chi connectivity index (χ4v) is 1.61. The summed E-state index contributed by atoms with van der Waals surface area (Å²) < 4.78 is 7.31. The predicted octanol–water partition coefficient (Wildman–Crippen LogP) is 1.57. The molecular formula is C13H18N4O. The average molecular weight is 246 g/mol. The summed E-state index contributed by atoms with van der Waals surface area (Å²) in [4.78, 5) is 0. The van der Waals surface area contributed by atoms with Gasteiger partial charge in [-0.05, 0) is 24.1 Å². The number of nitrogens with zero attached hydrogens (tertiary/aromatic N) is 3. The molecule has 0 saturated carbocycles. The van der Waals surface area contributed by atoms with Crippen LogP contribution in [0.15, 0.2) is 30.5 Å². The van der Waals surface area contributed by atoms with E-state index in [0.717, 1.165) is 30.0 Å². The SMILES string of the molecule is CCCOc1ccc(Cn2cc(CN)nn2)cc1. The number of hydrogen-bond donors (Lipinski definition) is 1. The normalized spacial score (nSPS) is 10.6. The lowest BCUT2D eigenvalue weighted by Crippen LogP contribution is -2.01. The minimum atomic E-state index is 0.420. The Hall–Kier alpha value is -1.88. The second-order valence-corrected chi connectivity index (χ2v) is 4.10. The second kappa shape index (κ2) is 6.16. The Balaban J connectivity index is 1.97. The van der Waals surface area contributed by atoms with E-state index in [9.17, 15) is 0 Å². The van der Waals surface area contributed by atoms with E-state index >= 15 is 0 Å². The molecule has 1 heterocycles. The van der Waals surface area contributed by atoms with Crippen molar-refractivity contribution in [3.05, 3.63) is 41.7 Å². The van der Waals surface area contributed by atoms with Crippen molar-refractivity contribution < 1.29 is 4.74 Å². The maximum atomic E-state index is 5.53. The van der Waals surface area contributed by atoms with Crippen molar-refractivity contribution in [3.63, 3.8) is 0 Å². The number of benzene rings is 1. The standard InChI is InChI=1S/C13H18N4O/c1-2-7-18-13-5-3-11(4-6-13)9-17-10-12(8-14)15-16-17/h3-6,10H,2,7-9,14H2,1H3. The van der Waals surface area contributed by atoms with Crippen molar-refractivity contribution in [3.8, 4) is 5.75 Å². The maximum absolute atomic E-state index is 5.53. The van der Waals surface area contributed by atoms with E-state index in [1.165, 1.54) is 0 Å². The molecule has 0 atom stereocenters. The highest BCUT2D eigenvalue weighted by Gasteiger charge is 2.00. The van der Waals surface area contributed by atoms with Gasteiger partial charge >= 0.3 is 0 Å². The van der Waals surface area contributed by atoms with Crippen LogP contribution < -0.4 is 10.5 Å². The summed E-state index contributed by atoms with van der Waals surface area (Å²) in [6.07, 6.45) is 2.88. The van der Waals surface area contributed by atoms with Crippen LogP contribution in [0.3, 0.4) is 0 Å². The van der Waals surface area contributed by atoms with Crippen LogP contribution in [0.2, 0.25) is 0 Å². The summed E-state index contributed by atoms with van der Waals surface area (Å²) in [5, 5.41) is 7.96. The summed E-state index contributed by atoms with van der Waals surface area (Å²) in [5.74, 6) is 0.904. The molecule has 2 N–H and O–H groups in total. The summed E-state index contributed by atoms with van der Waals surface area (Å²) in [6.45, 7) is 3.96. The third-order valence-corrected chi connectivity index (χ3v) is 2.54. The van der Waals surface area contributed by atoms with Crippen molar-refractivity contribution in [2.24, 2.45) is 5.73 Å². The number of aromatic nitrogens is 3. The zero-order valence-electron chi connectivity index (χ0n) is 10.5. The smallest absolute Gasteiger partial charge is 0.119 e. The van der Waals surface area contributed by atoms with E-state index in [1.54, 1.807) is 4.68 Å². The van der Waals surface area contributed by atoms with Crippen molar-refractivity contribution in [1.82, 2.24) is 15.0 Å². The largest absolute Gasteiger partial charge is 0.494 e. The molecule has 0 aliphatic carbocycles. The average Bonchev–Trinajstić information content (AvgIpc) is 2.86. The third kappa shape index (κ3) is 3.30. The van der Waals surface area contributed by atoms with Gasteiger partial charge in [-0.25, -0.2) is 4.68 Å². The minimum absolute atomic E-state index is 0.420. The summed E-state index contributed by atoms with van der Waals surface area (Å²) >= 11 is 0. The molecule has 96 valence electrons. The van der Waals surface area contributed by atoms with Crippen LogP contribution in [0, 0.1) is 0 Å². The van der Waals surface area contributed by atoms with Crippen molar-refractivity contribution in [2.45, 2.75) is 26.4 Å². The molecule has 0 aliphatic heterocycles. The first kappa shape index (κ1) is 12.6. The lowest BCUT2D eigenvalue weighted by atomic mass is 10.2. The fourth-order valence-electron chi connectivity index (χ4n) is 1.61. The molecule has 5 nitrogen and oxygen atoms in total. The van der Waals surface area contributed by atoms with Crippen LogP contribution in [0.1, 0.15) is 24.6 Å². The molecule has 0 spiro atoms. The van der Waals surface area contributed by atoms with Crippen LogP contribution in [-0.2, 0) is 13.1 Å². The van der Waals surface area contributed by atoms with Gasteiger partial charge in [0.2, 0.25) is 0 Å². The van der Waals surface area contributed by atoms with E-state index in [4.69, 9.17) is 10.5 Å². The molecule has 2 rings (SSSR count). The van der Waals surface area contributed by atoms with E-state index in [2.05, 4.69) is 17.2 Å². The molecule has 0 unspecified atom stereocenters. The molecule has 2 aromatic rings. The number of nitrogens with two attached hydrogens (primary N) is 1. The molecular weight excluding hydrogens is 228 g/mol. The Labute approximate surface area is 107 Å². The molecule has 5 heteroatoms. The van der Waals surface area contributed by atoms with Crippen LogP contribution in [0.4, 0.5) is 0 Å². The van der Waals surface area contributed by atoms with E-state index in [0.29, 0.717) is 13.1 Å². The summed E-state index contributed by atoms with van der Waals surface area (Å²) in [7, 11) is 0. The third-order valence-electron chi connectivity index (χ3n) is 2.54. The first-order valence-electron chi connectivity index (χ1n) is 6.12. The van der Waals surface area contributed by atoms with E-state index in [-0.39, 0.29) is 0 Å². The van der Waals surface area contributed by atoms with Crippen LogP contribution in [-0.4, -0.2) is 21.6 Å². The molecule has 0 radical (unpaired) electrons. The van der Waals surface area contributed by atoms with Crippen molar-refractivity contribution in [2.75, 3.05) is 6.61 Å². The van der Waals surface area contributed by atoms with Gasteiger partial charge in [-0.1, -0.05) is 24.3 Å². The second-order valence-electron chi connectivity index (χ2n) is 4.10. The van der Waals surface area contributed by atoms with E-state index in [1.807, 2.05) is 30.5 Å². The monoisotopic (exact) mass is 246 g/mol. The number of hydrogen-bond acceptors (Lipinski definition) is 4. The molecule has 1 aromatic carbocycles. The van der Waals surface area contributed by atoms with Gasteiger partial charge in [0.15, 0.2) is 0 Å².